The molecule has 0 bridgehead atoms. The molecule has 2 aromatic rings. The first-order chi connectivity index (χ1) is 8.79. The Hall–Kier alpha value is -0.700. The van der Waals surface area contributed by atoms with Crippen LogP contribution < -0.4 is 4.72 Å². The van der Waals surface area contributed by atoms with Gasteiger partial charge in [0.15, 0.2) is 0 Å². The van der Waals surface area contributed by atoms with Crippen molar-refractivity contribution < 1.29 is 8.42 Å². The number of nitrogens with zero attached hydrogens (tertiary/aromatic N) is 2. The molecule has 9 heteroatoms. The van der Waals surface area contributed by atoms with E-state index in [4.69, 9.17) is 11.6 Å². The number of halogens is 2. The lowest BCUT2D eigenvalue weighted by Gasteiger charge is -2.08. The summed E-state index contributed by atoms with van der Waals surface area (Å²) in [6.07, 6.45) is 1.43. The molecule has 2 rings (SSSR count). The fourth-order valence-electron chi connectivity index (χ4n) is 1.40. The van der Waals surface area contributed by atoms with Gasteiger partial charge in [-0.05, 0) is 35.8 Å². The van der Waals surface area contributed by atoms with Crippen molar-refractivity contribution in [2.24, 2.45) is 0 Å². The Morgan fingerprint density at radius 2 is 2.11 bits per heavy atom. The summed E-state index contributed by atoms with van der Waals surface area (Å²) in [4.78, 5) is 7.89. The maximum absolute atomic E-state index is 12.3. The second-order valence-corrected chi connectivity index (χ2v) is 7.82. The highest BCUT2D eigenvalue weighted by atomic mass is 79.9. The number of nitrogens with one attached hydrogen (secondary N) is 1. The number of hydrogen-bond acceptors (Lipinski definition) is 5. The second kappa shape index (κ2) is 5.35. The number of pyridine rings is 1. The molecule has 0 atom stereocenters. The molecule has 1 N–H and O–H groups in total. The first kappa shape index (κ1) is 14.7. The predicted molar refractivity (Wildman–Crippen MR) is 79.3 cm³/mol. The van der Waals surface area contributed by atoms with Gasteiger partial charge in [-0.1, -0.05) is 11.6 Å². The zero-order valence-corrected chi connectivity index (χ0v) is 13.9. The van der Waals surface area contributed by atoms with Gasteiger partial charge in [-0.2, -0.15) is 0 Å². The normalized spacial score (nSPS) is 11.6. The van der Waals surface area contributed by atoms with Crippen molar-refractivity contribution in [3.05, 3.63) is 32.6 Å². The van der Waals surface area contributed by atoms with E-state index in [0.29, 0.717) is 15.2 Å². The Bertz CT molecular complexity index is 730. The van der Waals surface area contributed by atoms with Crippen LogP contribution in [0.4, 0.5) is 5.00 Å². The molecule has 2 aromatic heterocycles. The molecule has 0 fully saturated rings. The van der Waals surface area contributed by atoms with Gasteiger partial charge in [0.1, 0.15) is 15.0 Å². The Labute approximate surface area is 128 Å². The van der Waals surface area contributed by atoms with E-state index >= 15 is 0 Å². The average molecular weight is 383 g/mol. The fourth-order valence-corrected chi connectivity index (χ4v) is 4.51. The van der Waals surface area contributed by atoms with Crippen molar-refractivity contribution >= 4 is 53.9 Å². The van der Waals surface area contributed by atoms with Gasteiger partial charge in [0.2, 0.25) is 0 Å². The lowest BCUT2D eigenvalue weighted by Crippen LogP contribution is -2.13. The van der Waals surface area contributed by atoms with E-state index < -0.39 is 10.0 Å². The molecule has 5 nitrogen and oxygen atoms in total. The Balaban J connectivity index is 2.43. The zero-order chi connectivity index (χ0) is 14.2. The van der Waals surface area contributed by atoms with Crippen molar-refractivity contribution in [1.82, 2.24) is 9.97 Å². The number of rotatable bonds is 3. The monoisotopic (exact) mass is 381 g/mol. The van der Waals surface area contributed by atoms with Crippen LogP contribution in [0.2, 0.25) is 5.15 Å². The molecular formula is C10H9BrClN3O2S2. The molecule has 102 valence electrons. The van der Waals surface area contributed by atoms with Crippen LogP contribution in [-0.2, 0) is 10.0 Å². The smallest absolute Gasteiger partial charge is 0.265 e. The van der Waals surface area contributed by atoms with Crippen LogP contribution in [0.1, 0.15) is 10.7 Å². The predicted octanol–water partition coefficient (Wildman–Crippen LogP) is 3.37. The molecule has 0 aliphatic heterocycles. The van der Waals surface area contributed by atoms with Crippen LogP contribution in [-0.4, -0.2) is 18.4 Å². The number of aromatic nitrogens is 2. The number of sulfonamides is 1. The number of thiazole rings is 1. The highest BCUT2D eigenvalue weighted by Gasteiger charge is 2.21. The molecule has 0 amide bonds. The molecule has 0 saturated carbocycles. The molecule has 0 radical (unpaired) electrons. The fraction of sp³-hybridized carbons (Fsp3) is 0.200. The van der Waals surface area contributed by atoms with Crippen molar-refractivity contribution in [2.45, 2.75) is 18.7 Å². The van der Waals surface area contributed by atoms with E-state index in [0.717, 1.165) is 5.01 Å². The summed E-state index contributed by atoms with van der Waals surface area (Å²) in [6, 6.07) is 1.40. The van der Waals surface area contributed by atoms with Gasteiger partial charge < -0.3 is 0 Å². The van der Waals surface area contributed by atoms with Crippen LogP contribution >= 0.6 is 38.9 Å². The molecule has 0 aromatic carbocycles. The van der Waals surface area contributed by atoms with E-state index in [9.17, 15) is 8.42 Å². The first-order valence-corrected chi connectivity index (χ1v) is 8.54. The summed E-state index contributed by atoms with van der Waals surface area (Å²) in [6.45, 7) is 3.55. The summed E-state index contributed by atoms with van der Waals surface area (Å²) >= 11 is 10.3. The largest absolute Gasteiger partial charge is 0.269 e. The molecule has 0 saturated heterocycles. The highest BCUT2D eigenvalue weighted by molar-refractivity contribution is 9.10. The minimum Gasteiger partial charge on any atom is -0.269 e. The topological polar surface area (TPSA) is 72.0 Å². The van der Waals surface area contributed by atoms with Gasteiger partial charge in [-0.25, -0.2) is 18.4 Å². The van der Waals surface area contributed by atoms with Crippen molar-refractivity contribution in [2.75, 3.05) is 4.72 Å². The van der Waals surface area contributed by atoms with Crippen molar-refractivity contribution in [3.8, 4) is 0 Å². The summed E-state index contributed by atoms with van der Waals surface area (Å²) < 4.78 is 27.5. The lowest BCUT2D eigenvalue weighted by molar-refractivity contribution is 0.601. The van der Waals surface area contributed by atoms with Crippen LogP contribution in [0.5, 0.6) is 0 Å². The van der Waals surface area contributed by atoms with Gasteiger partial charge >= 0.3 is 0 Å². The van der Waals surface area contributed by atoms with Gasteiger partial charge in [0, 0.05) is 10.7 Å². The SMILES string of the molecule is Cc1nc(C)c(NS(=O)(=O)c2cc(Br)cnc2Cl)s1. The molecule has 0 aliphatic rings. The number of hydrogen-bond donors (Lipinski definition) is 1. The molecule has 2 heterocycles. The minimum atomic E-state index is -3.78. The van der Waals surface area contributed by atoms with Gasteiger partial charge in [-0.15, -0.1) is 11.3 Å². The Morgan fingerprint density at radius 3 is 2.68 bits per heavy atom. The third-order valence-corrected chi connectivity index (χ3v) is 5.52. The first-order valence-electron chi connectivity index (χ1n) is 5.07. The van der Waals surface area contributed by atoms with E-state index in [1.807, 2.05) is 6.92 Å². The van der Waals surface area contributed by atoms with Crippen LogP contribution in [0.3, 0.4) is 0 Å². The summed E-state index contributed by atoms with van der Waals surface area (Å²) in [5.41, 5.74) is 0.630. The molecular weight excluding hydrogens is 374 g/mol. The number of aryl methyl sites for hydroxylation is 2. The number of anilines is 1. The lowest BCUT2D eigenvalue weighted by atomic mass is 10.5. The summed E-state index contributed by atoms with van der Waals surface area (Å²) in [7, 11) is -3.78. The van der Waals surface area contributed by atoms with Gasteiger partial charge in [0.05, 0.1) is 10.7 Å². The van der Waals surface area contributed by atoms with E-state index in [-0.39, 0.29) is 10.0 Å². The van der Waals surface area contributed by atoms with Gasteiger partial charge in [-0.3, -0.25) is 4.72 Å². The van der Waals surface area contributed by atoms with Crippen LogP contribution in [0.25, 0.3) is 0 Å². The van der Waals surface area contributed by atoms with Crippen molar-refractivity contribution in [3.63, 3.8) is 0 Å². The van der Waals surface area contributed by atoms with Crippen molar-refractivity contribution in [1.29, 1.82) is 0 Å². The third-order valence-electron chi connectivity index (χ3n) is 2.19. The van der Waals surface area contributed by atoms with E-state index in [1.165, 1.54) is 23.6 Å². The standard InChI is InChI=1S/C10H9BrClN3O2S2/c1-5-10(18-6(2)14-5)15-19(16,17)8-3-7(11)4-13-9(8)12/h3-4,15H,1-2H3. The Morgan fingerprint density at radius 1 is 1.42 bits per heavy atom. The maximum Gasteiger partial charge on any atom is 0.265 e. The highest BCUT2D eigenvalue weighted by Crippen LogP contribution is 2.29. The zero-order valence-electron chi connectivity index (χ0n) is 9.94. The Kier molecular flexibility index (Phi) is 4.14. The van der Waals surface area contributed by atoms with E-state index in [2.05, 4.69) is 30.6 Å². The van der Waals surface area contributed by atoms with Gasteiger partial charge in [0.25, 0.3) is 10.0 Å². The third kappa shape index (κ3) is 3.25. The molecule has 0 unspecified atom stereocenters. The van der Waals surface area contributed by atoms with E-state index in [1.54, 1.807) is 6.92 Å². The van der Waals surface area contributed by atoms with Crippen LogP contribution in [0.15, 0.2) is 21.6 Å². The second-order valence-electron chi connectivity index (χ2n) is 3.70. The molecule has 0 aliphatic carbocycles. The van der Waals surface area contributed by atoms with Crippen LogP contribution in [0, 0.1) is 13.8 Å². The average Bonchev–Trinajstić information content (AvgIpc) is 2.60. The minimum absolute atomic E-state index is 0.0745. The quantitative estimate of drug-likeness (QED) is 0.826. The summed E-state index contributed by atoms with van der Waals surface area (Å²) in [5.74, 6) is 0. The molecule has 0 spiro atoms. The maximum atomic E-state index is 12.3. The summed E-state index contributed by atoms with van der Waals surface area (Å²) in [5, 5.41) is 1.19. The molecule has 19 heavy (non-hydrogen) atoms.